The van der Waals surface area contributed by atoms with Gasteiger partial charge in [0.2, 0.25) is 0 Å². The van der Waals surface area contributed by atoms with Gasteiger partial charge in [-0.3, -0.25) is 4.72 Å². The third-order valence-electron chi connectivity index (χ3n) is 1.96. The number of hydrogen-bond donors (Lipinski definition) is 2. The minimum atomic E-state index is -3.52. The van der Waals surface area contributed by atoms with Gasteiger partial charge in [-0.1, -0.05) is 17.7 Å². The summed E-state index contributed by atoms with van der Waals surface area (Å²) in [7, 11) is -3.52. The molecule has 5 heteroatoms. The SMILES string of the molecule is C/C(=C/C=N)NS(=O)(=O)c1ccc(C)cc1. The van der Waals surface area contributed by atoms with Gasteiger partial charge < -0.3 is 5.41 Å². The Kier molecular flexibility index (Phi) is 3.84. The van der Waals surface area contributed by atoms with E-state index in [-0.39, 0.29) is 4.90 Å². The maximum Gasteiger partial charge on any atom is 0.261 e. The van der Waals surface area contributed by atoms with Crippen LogP contribution in [0.5, 0.6) is 0 Å². The quantitative estimate of drug-likeness (QED) is 0.785. The van der Waals surface area contributed by atoms with E-state index in [9.17, 15) is 8.42 Å². The molecule has 0 spiro atoms. The molecule has 1 aromatic rings. The van der Waals surface area contributed by atoms with Gasteiger partial charge in [-0.25, -0.2) is 8.42 Å². The zero-order valence-corrected chi connectivity index (χ0v) is 10.0. The van der Waals surface area contributed by atoms with E-state index in [1.165, 1.54) is 6.08 Å². The molecule has 1 rings (SSSR count). The second kappa shape index (κ2) is 4.94. The number of nitrogens with one attached hydrogen (secondary N) is 2. The van der Waals surface area contributed by atoms with Crippen LogP contribution in [0.2, 0.25) is 0 Å². The molecule has 2 N–H and O–H groups in total. The average Bonchev–Trinajstić information content (AvgIpc) is 2.17. The summed E-state index contributed by atoms with van der Waals surface area (Å²) >= 11 is 0. The first kappa shape index (κ1) is 12.4. The van der Waals surface area contributed by atoms with E-state index in [0.717, 1.165) is 11.8 Å². The maximum absolute atomic E-state index is 11.8. The van der Waals surface area contributed by atoms with Gasteiger partial charge in [-0.05, 0) is 32.1 Å². The second-order valence-corrected chi connectivity index (χ2v) is 5.12. The van der Waals surface area contributed by atoms with Crippen LogP contribution in [0.1, 0.15) is 12.5 Å². The van der Waals surface area contributed by atoms with Gasteiger partial charge in [0.05, 0.1) is 4.90 Å². The predicted molar refractivity (Wildman–Crippen MR) is 64.0 cm³/mol. The monoisotopic (exact) mass is 238 g/mol. The average molecular weight is 238 g/mol. The Bertz CT molecular complexity index is 501. The van der Waals surface area contributed by atoms with Crippen LogP contribution in [-0.2, 0) is 10.0 Å². The summed E-state index contributed by atoms with van der Waals surface area (Å²) in [5.41, 5.74) is 1.42. The van der Waals surface area contributed by atoms with Crippen molar-refractivity contribution in [3.8, 4) is 0 Å². The van der Waals surface area contributed by atoms with Crippen molar-refractivity contribution in [2.45, 2.75) is 18.7 Å². The molecule has 4 nitrogen and oxygen atoms in total. The molecule has 16 heavy (non-hydrogen) atoms. The van der Waals surface area contributed by atoms with Crippen molar-refractivity contribution < 1.29 is 8.42 Å². The Labute approximate surface area is 95.6 Å². The molecule has 0 bridgehead atoms. The van der Waals surface area contributed by atoms with Gasteiger partial charge in [0.1, 0.15) is 0 Å². The molecule has 1 aromatic carbocycles. The molecule has 0 fully saturated rings. The van der Waals surface area contributed by atoms with Crippen molar-refractivity contribution in [3.63, 3.8) is 0 Å². The zero-order chi connectivity index (χ0) is 12.2. The molecule has 86 valence electrons. The highest BCUT2D eigenvalue weighted by Gasteiger charge is 2.12. The molecule has 0 aliphatic rings. The Morgan fingerprint density at radius 3 is 2.38 bits per heavy atom. The lowest BCUT2D eigenvalue weighted by Gasteiger charge is -2.07. The highest BCUT2D eigenvalue weighted by atomic mass is 32.2. The minimum Gasteiger partial charge on any atom is -0.309 e. The van der Waals surface area contributed by atoms with Gasteiger partial charge in [-0.2, -0.15) is 0 Å². The van der Waals surface area contributed by atoms with Crippen LogP contribution < -0.4 is 4.72 Å². The summed E-state index contributed by atoms with van der Waals surface area (Å²) in [6, 6.07) is 6.58. The van der Waals surface area contributed by atoms with Gasteiger partial charge in [0.25, 0.3) is 10.0 Å². The first-order chi connectivity index (χ1) is 7.45. The van der Waals surface area contributed by atoms with Gasteiger partial charge in [0, 0.05) is 11.9 Å². The van der Waals surface area contributed by atoms with E-state index in [2.05, 4.69) is 4.72 Å². The van der Waals surface area contributed by atoms with Gasteiger partial charge in [0.15, 0.2) is 0 Å². The Hall–Kier alpha value is -1.62. The van der Waals surface area contributed by atoms with E-state index in [1.807, 2.05) is 6.92 Å². The van der Waals surface area contributed by atoms with Gasteiger partial charge in [-0.15, -0.1) is 0 Å². The van der Waals surface area contributed by atoms with Crippen molar-refractivity contribution in [3.05, 3.63) is 41.6 Å². The van der Waals surface area contributed by atoms with E-state index in [0.29, 0.717) is 5.70 Å². The summed E-state index contributed by atoms with van der Waals surface area (Å²) in [4.78, 5) is 0.218. The lowest BCUT2D eigenvalue weighted by atomic mass is 10.2. The molecule has 0 atom stereocenters. The summed E-state index contributed by atoms with van der Waals surface area (Å²) in [5, 5.41) is 6.84. The standard InChI is InChI=1S/C11H14N2O2S/c1-9-3-5-11(6-4-9)16(14,15)13-10(2)7-8-12/h3-8,12-13H,1-2H3/b10-7-,12-8?. The van der Waals surface area contributed by atoms with Crippen molar-refractivity contribution in [1.82, 2.24) is 4.72 Å². The summed E-state index contributed by atoms with van der Waals surface area (Å²) < 4.78 is 26.0. The second-order valence-electron chi connectivity index (χ2n) is 3.43. The maximum atomic E-state index is 11.8. The molecule has 0 radical (unpaired) electrons. The van der Waals surface area contributed by atoms with Crippen LogP contribution in [0.4, 0.5) is 0 Å². The largest absolute Gasteiger partial charge is 0.309 e. The van der Waals surface area contributed by atoms with E-state index >= 15 is 0 Å². The normalized spacial score (nSPS) is 12.2. The topological polar surface area (TPSA) is 70.0 Å². The Morgan fingerprint density at radius 1 is 1.31 bits per heavy atom. The number of sulfonamides is 1. The Balaban J connectivity index is 2.99. The first-order valence-electron chi connectivity index (χ1n) is 4.72. The minimum absolute atomic E-state index is 0.218. The van der Waals surface area contributed by atoms with E-state index < -0.39 is 10.0 Å². The van der Waals surface area contributed by atoms with Crippen molar-refractivity contribution in [2.75, 3.05) is 0 Å². The first-order valence-corrected chi connectivity index (χ1v) is 6.21. The van der Waals surface area contributed by atoms with Crippen LogP contribution >= 0.6 is 0 Å². The lowest BCUT2D eigenvalue weighted by Crippen LogP contribution is -2.21. The number of hydrogen-bond acceptors (Lipinski definition) is 3. The summed E-state index contributed by atoms with van der Waals surface area (Å²) in [6.45, 7) is 3.49. The molecular formula is C11H14N2O2S. The smallest absolute Gasteiger partial charge is 0.261 e. The lowest BCUT2D eigenvalue weighted by molar-refractivity contribution is 0.588. The third kappa shape index (κ3) is 3.20. The highest BCUT2D eigenvalue weighted by Crippen LogP contribution is 2.10. The highest BCUT2D eigenvalue weighted by molar-refractivity contribution is 7.89. The zero-order valence-electron chi connectivity index (χ0n) is 9.19. The summed E-state index contributed by atoms with van der Waals surface area (Å²) in [5.74, 6) is 0. The van der Waals surface area contributed by atoms with Crippen LogP contribution in [0.3, 0.4) is 0 Å². The third-order valence-corrected chi connectivity index (χ3v) is 3.44. The number of benzene rings is 1. The molecule has 0 aromatic heterocycles. The molecule has 0 unspecified atom stereocenters. The molecule has 0 saturated heterocycles. The Morgan fingerprint density at radius 2 is 1.88 bits per heavy atom. The van der Waals surface area contributed by atoms with E-state index in [1.54, 1.807) is 31.2 Å². The molecule has 0 aliphatic carbocycles. The fourth-order valence-corrected chi connectivity index (χ4v) is 2.25. The number of rotatable bonds is 4. The fourth-order valence-electron chi connectivity index (χ4n) is 1.15. The van der Waals surface area contributed by atoms with E-state index in [4.69, 9.17) is 5.41 Å². The molecule has 0 heterocycles. The van der Waals surface area contributed by atoms with Gasteiger partial charge >= 0.3 is 0 Å². The van der Waals surface area contributed by atoms with Crippen LogP contribution in [0.25, 0.3) is 0 Å². The van der Waals surface area contributed by atoms with Crippen LogP contribution in [-0.4, -0.2) is 14.6 Å². The van der Waals surface area contributed by atoms with Crippen LogP contribution in [0, 0.1) is 12.3 Å². The number of allylic oxidation sites excluding steroid dienone is 2. The van der Waals surface area contributed by atoms with Crippen molar-refractivity contribution in [2.24, 2.45) is 0 Å². The van der Waals surface area contributed by atoms with Crippen molar-refractivity contribution >= 4 is 16.2 Å². The molecule has 0 saturated carbocycles. The fraction of sp³-hybridized carbons (Fsp3) is 0.182. The van der Waals surface area contributed by atoms with Crippen LogP contribution in [0.15, 0.2) is 40.9 Å². The molecular weight excluding hydrogens is 224 g/mol. The molecule has 0 amide bonds. The van der Waals surface area contributed by atoms with Crippen molar-refractivity contribution in [1.29, 1.82) is 5.41 Å². The summed E-state index contributed by atoms with van der Waals surface area (Å²) in [6.07, 6.45) is 2.42. The predicted octanol–water partition coefficient (Wildman–Crippen LogP) is 1.83. The number of aryl methyl sites for hydroxylation is 1. The molecule has 0 aliphatic heterocycles.